The zero-order chi connectivity index (χ0) is 18.4. The Bertz CT molecular complexity index is 765. The predicted octanol–water partition coefficient (Wildman–Crippen LogP) is 1.99. The smallest absolute Gasteiger partial charge is 0.305 e. The molecule has 2 aromatic rings. The van der Waals surface area contributed by atoms with E-state index in [9.17, 15) is 14.4 Å². The van der Waals surface area contributed by atoms with Crippen molar-refractivity contribution in [3.63, 3.8) is 0 Å². The molecule has 0 spiro atoms. The van der Waals surface area contributed by atoms with Crippen LogP contribution < -0.4 is 10.6 Å². The third-order valence-electron chi connectivity index (χ3n) is 3.48. The van der Waals surface area contributed by atoms with E-state index in [0.717, 1.165) is 5.69 Å². The molecule has 25 heavy (non-hydrogen) atoms. The summed E-state index contributed by atoms with van der Waals surface area (Å²) >= 11 is 0. The zero-order valence-electron chi connectivity index (χ0n) is 14.0. The van der Waals surface area contributed by atoms with Gasteiger partial charge in [0.25, 0.3) is 11.8 Å². The Morgan fingerprint density at radius 2 is 1.84 bits per heavy atom. The van der Waals surface area contributed by atoms with E-state index in [0.29, 0.717) is 16.9 Å². The zero-order valence-corrected chi connectivity index (χ0v) is 14.0. The largest absolute Gasteiger partial charge is 0.481 e. The van der Waals surface area contributed by atoms with Crippen LogP contribution in [0.5, 0.6) is 0 Å². The van der Waals surface area contributed by atoms with Gasteiger partial charge in [-0.3, -0.25) is 19.5 Å². The van der Waals surface area contributed by atoms with Gasteiger partial charge in [-0.1, -0.05) is 13.8 Å². The summed E-state index contributed by atoms with van der Waals surface area (Å²) in [7, 11) is 0. The summed E-state index contributed by atoms with van der Waals surface area (Å²) in [6.07, 6.45) is -0.137. The van der Waals surface area contributed by atoms with E-state index >= 15 is 0 Å². The number of nitrogens with one attached hydrogen (secondary N) is 3. The Labute approximate surface area is 144 Å². The van der Waals surface area contributed by atoms with Gasteiger partial charge in [0.15, 0.2) is 5.69 Å². The molecule has 0 saturated heterocycles. The molecular formula is C17H20N4O4. The number of aromatic nitrogens is 2. The first-order valence-electron chi connectivity index (χ1n) is 7.83. The highest BCUT2D eigenvalue weighted by Gasteiger charge is 2.13. The van der Waals surface area contributed by atoms with E-state index in [2.05, 4.69) is 20.8 Å². The Morgan fingerprint density at radius 1 is 1.16 bits per heavy atom. The van der Waals surface area contributed by atoms with Gasteiger partial charge in [0, 0.05) is 23.5 Å². The van der Waals surface area contributed by atoms with Crippen LogP contribution in [0.15, 0.2) is 30.3 Å². The normalized spacial score (nSPS) is 10.5. The van der Waals surface area contributed by atoms with Crippen molar-refractivity contribution in [2.45, 2.75) is 26.2 Å². The molecule has 0 bridgehead atoms. The highest BCUT2D eigenvalue weighted by atomic mass is 16.4. The van der Waals surface area contributed by atoms with Crippen molar-refractivity contribution in [3.05, 3.63) is 47.3 Å². The van der Waals surface area contributed by atoms with E-state index in [-0.39, 0.29) is 30.7 Å². The van der Waals surface area contributed by atoms with Crippen LogP contribution in [-0.2, 0) is 4.79 Å². The van der Waals surface area contributed by atoms with E-state index < -0.39 is 5.97 Å². The number of anilines is 1. The molecule has 0 aliphatic rings. The summed E-state index contributed by atoms with van der Waals surface area (Å²) in [5.41, 5.74) is 2.07. The molecule has 1 aromatic heterocycles. The molecule has 0 saturated carbocycles. The summed E-state index contributed by atoms with van der Waals surface area (Å²) in [4.78, 5) is 34.4. The molecule has 2 rings (SSSR count). The van der Waals surface area contributed by atoms with Crippen molar-refractivity contribution in [1.29, 1.82) is 0 Å². The Morgan fingerprint density at radius 3 is 2.40 bits per heavy atom. The number of hydrogen-bond donors (Lipinski definition) is 4. The highest BCUT2D eigenvalue weighted by Crippen LogP contribution is 2.14. The average Bonchev–Trinajstić information content (AvgIpc) is 3.05. The second-order valence-electron chi connectivity index (χ2n) is 5.79. The van der Waals surface area contributed by atoms with Gasteiger partial charge < -0.3 is 15.7 Å². The molecule has 0 aliphatic heterocycles. The molecule has 8 heteroatoms. The molecule has 8 nitrogen and oxygen atoms in total. The van der Waals surface area contributed by atoms with Crippen LogP contribution in [0, 0.1) is 0 Å². The summed E-state index contributed by atoms with van der Waals surface area (Å²) in [5.74, 6) is -1.44. The fourth-order valence-corrected chi connectivity index (χ4v) is 2.03. The number of carboxylic acid groups (broad SMARTS) is 1. The quantitative estimate of drug-likeness (QED) is 0.611. The van der Waals surface area contributed by atoms with Gasteiger partial charge in [0.2, 0.25) is 0 Å². The van der Waals surface area contributed by atoms with Gasteiger partial charge in [0.1, 0.15) is 0 Å². The van der Waals surface area contributed by atoms with Gasteiger partial charge in [0.05, 0.1) is 6.42 Å². The first-order chi connectivity index (χ1) is 11.9. The van der Waals surface area contributed by atoms with Gasteiger partial charge in [-0.05, 0) is 36.2 Å². The van der Waals surface area contributed by atoms with Crippen molar-refractivity contribution < 1.29 is 19.5 Å². The number of amides is 2. The second kappa shape index (κ2) is 8.09. The number of carboxylic acids is 1. The number of benzene rings is 1. The van der Waals surface area contributed by atoms with Crippen LogP contribution in [0.4, 0.5) is 5.69 Å². The molecule has 132 valence electrons. The van der Waals surface area contributed by atoms with Crippen molar-refractivity contribution >= 4 is 23.5 Å². The highest BCUT2D eigenvalue weighted by molar-refractivity contribution is 6.03. The summed E-state index contributed by atoms with van der Waals surface area (Å²) in [6.45, 7) is 4.05. The van der Waals surface area contributed by atoms with Gasteiger partial charge in [-0.25, -0.2) is 0 Å². The van der Waals surface area contributed by atoms with E-state index in [1.54, 1.807) is 30.3 Å². The van der Waals surface area contributed by atoms with Gasteiger partial charge in [-0.2, -0.15) is 5.10 Å². The SMILES string of the molecule is CC(C)c1cc(C(=O)Nc2ccc(C(=O)NCCC(=O)O)cc2)n[nH]1. The maximum atomic E-state index is 12.1. The number of aliphatic carboxylic acids is 1. The fraction of sp³-hybridized carbons (Fsp3) is 0.294. The molecule has 0 radical (unpaired) electrons. The van der Waals surface area contributed by atoms with Crippen LogP contribution in [0.25, 0.3) is 0 Å². The Balaban J connectivity index is 1.94. The number of rotatable bonds is 7. The lowest BCUT2D eigenvalue weighted by atomic mass is 10.1. The summed E-state index contributed by atoms with van der Waals surface area (Å²) in [6, 6.07) is 8.00. The third-order valence-corrected chi connectivity index (χ3v) is 3.48. The number of hydrogen-bond acceptors (Lipinski definition) is 4. The number of aromatic amines is 1. The number of H-pyrrole nitrogens is 1. The maximum absolute atomic E-state index is 12.1. The minimum absolute atomic E-state index is 0.0595. The second-order valence-corrected chi connectivity index (χ2v) is 5.79. The molecule has 4 N–H and O–H groups in total. The van der Waals surface area contributed by atoms with Crippen molar-refractivity contribution in [3.8, 4) is 0 Å². The van der Waals surface area contributed by atoms with Gasteiger partial charge in [-0.15, -0.1) is 0 Å². The van der Waals surface area contributed by atoms with Crippen molar-refractivity contribution in [2.75, 3.05) is 11.9 Å². The molecule has 2 amide bonds. The monoisotopic (exact) mass is 344 g/mol. The molecular weight excluding hydrogens is 324 g/mol. The fourth-order valence-electron chi connectivity index (χ4n) is 2.03. The van der Waals surface area contributed by atoms with Crippen LogP contribution in [0.1, 0.15) is 52.7 Å². The Kier molecular flexibility index (Phi) is 5.89. The lowest BCUT2D eigenvalue weighted by molar-refractivity contribution is -0.136. The van der Waals surface area contributed by atoms with Crippen molar-refractivity contribution in [2.24, 2.45) is 0 Å². The standard InChI is InChI=1S/C17H20N4O4/c1-10(2)13-9-14(21-20-13)17(25)19-12-5-3-11(4-6-12)16(24)18-8-7-15(22)23/h3-6,9-10H,7-8H2,1-2H3,(H,18,24)(H,19,25)(H,20,21)(H,22,23). The van der Waals surface area contributed by atoms with Crippen molar-refractivity contribution in [1.82, 2.24) is 15.5 Å². The first-order valence-corrected chi connectivity index (χ1v) is 7.83. The predicted molar refractivity (Wildman–Crippen MR) is 91.7 cm³/mol. The van der Waals surface area contributed by atoms with Crippen LogP contribution in [-0.4, -0.2) is 39.6 Å². The lowest BCUT2D eigenvalue weighted by Crippen LogP contribution is -2.25. The number of nitrogens with zero attached hydrogens (tertiary/aromatic N) is 1. The van der Waals surface area contributed by atoms with Crippen LogP contribution in [0.2, 0.25) is 0 Å². The minimum atomic E-state index is -0.975. The number of carbonyl (C=O) groups is 3. The molecule has 0 aliphatic carbocycles. The van der Waals surface area contributed by atoms with E-state index in [1.165, 1.54) is 0 Å². The molecule has 0 atom stereocenters. The molecule has 1 aromatic carbocycles. The molecule has 0 unspecified atom stereocenters. The number of carbonyl (C=O) groups excluding carboxylic acids is 2. The minimum Gasteiger partial charge on any atom is -0.481 e. The lowest BCUT2D eigenvalue weighted by Gasteiger charge is -2.06. The first kappa shape index (κ1) is 18.2. The summed E-state index contributed by atoms with van der Waals surface area (Å²) in [5, 5.41) is 20.6. The summed E-state index contributed by atoms with van der Waals surface area (Å²) < 4.78 is 0. The molecule has 0 fully saturated rings. The Hall–Kier alpha value is -3.16. The van der Waals surface area contributed by atoms with Crippen LogP contribution in [0.3, 0.4) is 0 Å². The average molecular weight is 344 g/mol. The third kappa shape index (κ3) is 5.17. The molecule has 1 heterocycles. The van der Waals surface area contributed by atoms with E-state index in [1.807, 2.05) is 13.8 Å². The topological polar surface area (TPSA) is 124 Å². The maximum Gasteiger partial charge on any atom is 0.305 e. The van der Waals surface area contributed by atoms with Crippen LogP contribution >= 0.6 is 0 Å². The van der Waals surface area contributed by atoms with Gasteiger partial charge >= 0.3 is 5.97 Å². The van der Waals surface area contributed by atoms with E-state index in [4.69, 9.17) is 5.11 Å².